The summed E-state index contributed by atoms with van der Waals surface area (Å²) >= 11 is 0. The minimum atomic E-state index is -0.352. The van der Waals surface area contributed by atoms with Crippen LogP contribution in [0.25, 0.3) is 16.0 Å². The molecule has 0 atom stereocenters. The van der Waals surface area contributed by atoms with E-state index in [1.165, 1.54) is 11.6 Å². The monoisotopic (exact) mass is 319 g/mol. The summed E-state index contributed by atoms with van der Waals surface area (Å²) in [5, 5.41) is 0. The maximum atomic E-state index is 10.9. The van der Waals surface area contributed by atoms with Crippen molar-refractivity contribution in [1.82, 2.24) is 0 Å². The Kier molecular flexibility index (Phi) is 6.79. The van der Waals surface area contributed by atoms with Gasteiger partial charge in [-0.05, 0) is 42.4 Å². The summed E-state index contributed by atoms with van der Waals surface area (Å²) in [4.78, 5) is 14.3. The van der Waals surface area contributed by atoms with Crippen molar-refractivity contribution in [3.05, 3.63) is 78.2 Å². The smallest absolute Gasteiger partial charge is 0.330 e. The lowest BCUT2D eigenvalue weighted by atomic mass is 10.0. The normalized spacial score (nSPS) is 9.96. The maximum Gasteiger partial charge on any atom is 0.330 e. The van der Waals surface area contributed by atoms with Gasteiger partial charge in [0.1, 0.15) is 0 Å². The van der Waals surface area contributed by atoms with Crippen LogP contribution >= 0.6 is 0 Å². The van der Waals surface area contributed by atoms with E-state index in [2.05, 4.69) is 35.7 Å². The highest BCUT2D eigenvalue weighted by Gasteiger charge is 2.00. The number of nitrogens with zero attached hydrogens (tertiary/aromatic N) is 1. The van der Waals surface area contributed by atoms with Gasteiger partial charge in [0.2, 0.25) is 0 Å². The van der Waals surface area contributed by atoms with Crippen LogP contribution in [-0.4, -0.2) is 12.6 Å². The van der Waals surface area contributed by atoms with Crippen molar-refractivity contribution in [3.8, 4) is 11.1 Å². The molecule has 24 heavy (non-hydrogen) atoms. The van der Waals surface area contributed by atoms with Crippen molar-refractivity contribution < 1.29 is 9.53 Å². The van der Waals surface area contributed by atoms with Crippen LogP contribution in [0.3, 0.4) is 0 Å². The van der Waals surface area contributed by atoms with E-state index >= 15 is 0 Å². The Balaban J connectivity index is 1.76. The lowest BCUT2D eigenvalue weighted by Crippen LogP contribution is -2.01. The summed E-state index contributed by atoms with van der Waals surface area (Å²) in [6.45, 7) is 10.8. The van der Waals surface area contributed by atoms with E-state index in [0.717, 1.165) is 36.8 Å². The molecule has 3 heteroatoms. The summed E-state index contributed by atoms with van der Waals surface area (Å²) in [6, 6.07) is 16.2. The number of unbranched alkanes of at least 4 members (excludes halogenated alkanes) is 2. The predicted molar refractivity (Wildman–Crippen MR) is 96.9 cm³/mol. The number of hydrogen-bond acceptors (Lipinski definition) is 2. The Hall–Kier alpha value is -2.86. The fourth-order valence-electron chi connectivity index (χ4n) is 2.43. The largest absolute Gasteiger partial charge is 0.463 e. The van der Waals surface area contributed by atoms with E-state index in [1.54, 1.807) is 0 Å². The highest BCUT2D eigenvalue weighted by molar-refractivity contribution is 5.81. The van der Waals surface area contributed by atoms with Gasteiger partial charge >= 0.3 is 5.97 Å². The topological polar surface area (TPSA) is 30.7 Å². The summed E-state index contributed by atoms with van der Waals surface area (Å²) in [5.41, 5.74) is 4.25. The van der Waals surface area contributed by atoms with Gasteiger partial charge < -0.3 is 4.74 Å². The quantitative estimate of drug-likeness (QED) is 0.284. The molecule has 0 unspecified atom stereocenters. The molecule has 2 rings (SSSR count). The average molecular weight is 319 g/mol. The summed E-state index contributed by atoms with van der Waals surface area (Å²) in [7, 11) is 0. The number of esters is 1. The van der Waals surface area contributed by atoms with Crippen LogP contribution < -0.4 is 0 Å². The van der Waals surface area contributed by atoms with Crippen LogP contribution in [-0.2, 0) is 16.0 Å². The molecule has 0 aromatic heterocycles. The molecule has 0 N–H and O–H groups in total. The van der Waals surface area contributed by atoms with E-state index in [9.17, 15) is 4.79 Å². The molecule has 0 spiro atoms. The van der Waals surface area contributed by atoms with Crippen molar-refractivity contribution in [2.45, 2.75) is 25.7 Å². The zero-order valence-corrected chi connectivity index (χ0v) is 13.7. The third-order valence-electron chi connectivity index (χ3n) is 3.80. The number of hydrogen-bond donors (Lipinski definition) is 0. The zero-order valence-electron chi connectivity index (χ0n) is 13.7. The first-order valence-corrected chi connectivity index (χ1v) is 8.09. The van der Waals surface area contributed by atoms with Gasteiger partial charge in [0.15, 0.2) is 5.69 Å². The summed E-state index contributed by atoms with van der Waals surface area (Å²) < 4.78 is 4.95. The third kappa shape index (κ3) is 5.40. The molecule has 0 saturated heterocycles. The van der Waals surface area contributed by atoms with E-state index in [1.807, 2.05) is 24.3 Å². The van der Waals surface area contributed by atoms with Crippen LogP contribution in [0.4, 0.5) is 5.69 Å². The molecule has 122 valence electrons. The van der Waals surface area contributed by atoms with Gasteiger partial charge in [0.25, 0.3) is 0 Å². The first-order chi connectivity index (χ1) is 11.7. The molecular weight excluding hydrogens is 298 g/mol. The van der Waals surface area contributed by atoms with Gasteiger partial charge in [-0.15, -0.1) is 0 Å². The van der Waals surface area contributed by atoms with E-state index < -0.39 is 0 Å². The van der Waals surface area contributed by atoms with Crippen LogP contribution in [0.5, 0.6) is 0 Å². The fourth-order valence-corrected chi connectivity index (χ4v) is 2.43. The molecule has 3 nitrogen and oxygen atoms in total. The van der Waals surface area contributed by atoms with Crippen molar-refractivity contribution in [1.29, 1.82) is 0 Å². The van der Waals surface area contributed by atoms with Gasteiger partial charge in [-0.2, -0.15) is 0 Å². The lowest BCUT2D eigenvalue weighted by Gasteiger charge is -2.05. The number of ether oxygens (including phenoxy) is 1. The van der Waals surface area contributed by atoms with Crippen LogP contribution in [0.2, 0.25) is 0 Å². The fraction of sp³-hybridized carbons (Fsp3) is 0.238. The first kappa shape index (κ1) is 17.5. The van der Waals surface area contributed by atoms with E-state index in [-0.39, 0.29) is 5.97 Å². The van der Waals surface area contributed by atoms with Gasteiger partial charge in [0, 0.05) is 6.08 Å². The summed E-state index contributed by atoms with van der Waals surface area (Å²) in [6.07, 6.45) is 5.20. The molecule has 0 amide bonds. The molecule has 0 aliphatic rings. The second-order valence-electron chi connectivity index (χ2n) is 5.54. The van der Waals surface area contributed by atoms with E-state index in [4.69, 9.17) is 11.3 Å². The number of carbonyl (C=O) groups is 1. The molecule has 0 fully saturated rings. The molecule has 0 heterocycles. The van der Waals surface area contributed by atoms with Gasteiger partial charge in [0.05, 0.1) is 13.2 Å². The van der Waals surface area contributed by atoms with Crippen LogP contribution in [0, 0.1) is 6.57 Å². The molecule has 0 bridgehead atoms. The van der Waals surface area contributed by atoms with Gasteiger partial charge in [-0.1, -0.05) is 55.1 Å². The van der Waals surface area contributed by atoms with E-state index in [0.29, 0.717) is 12.3 Å². The van der Waals surface area contributed by atoms with Crippen molar-refractivity contribution >= 4 is 11.7 Å². The van der Waals surface area contributed by atoms with Gasteiger partial charge in [-0.3, -0.25) is 0 Å². The number of rotatable bonds is 8. The van der Waals surface area contributed by atoms with Gasteiger partial charge in [-0.25, -0.2) is 9.64 Å². The highest BCUT2D eigenvalue weighted by Crippen LogP contribution is 2.23. The SMILES string of the molecule is [C-]#[N+]c1ccc(-c2ccc(CCCCCOC(=O)C=C)cc2)cc1. The molecule has 0 aliphatic carbocycles. The van der Waals surface area contributed by atoms with Crippen molar-refractivity contribution in [2.24, 2.45) is 0 Å². The summed E-state index contributed by atoms with van der Waals surface area (Å²) in [5.74, 6) is -0.352. The minimum absolute atomic E-state index is 0.352. The number of carbonyl (C=O) groups excluding carboxylic acids is 1. The Bertz CT molecular complexity index is 709. The molecule has 0 saturated carbocycles. The van der Waals surface area contributed by atoms with Crippen LogP contribution in [0.1, 0.15) is 24.8 Å². The second-order valence-corrected chi connectivity index (χ2v) is 5.54. The lowest BCUT2D eigenvalue weighted by molar-refractivity contribution is -0.137. The van der Waals surface area contributed by atoms with Crippen molar-refractivity contribution in [3.63, 3.8) is 0 Å². The minimum Gasteiger partial charge on any atom is -0.463 e. The third-order valence-corrected chi connectivity index (χ3v) is 3.80. The second kappa shape index (κ2) is 9.32. The average Bonchev–Trinajstić information content (AvgIpc) is 2.65. The number of aryl methyl sites for hydroxylation is 1. The number of benzene rings is 2. The van der Waals surface area contributed by atoms with Crippen molar-refractivity contribution in [2.75, 3.05) is 6.61 Å². The Morgan fingerprint density at radius 2 is 1.62 bits per heavy atom. The molecule has 2 aromatic rings. The maximum absolute atomic E-state index is 10.9. The first-order valence-electron chi connectivity index (χ1n) is 8.09. The zero-order chi connectivity index (χ0) is 17.2. The predicted octanol–water partition coefficient (Wildman–Crippen LogP) is 5.35. The Morgan fingerprint density at radius 1 is 1.00 bits per heavy atom. The molecular formula is C21H21NO2. The molecule has 0 aliphatic heterocycles. The molecule has 2 aromatic carbocycles. The highest BCUT2D eigenvalue weighted by atomic mass is 16.5. The molecule has 0 radical (unpaired) electrons. The Morgan fingerprint density at radius 3 is 2.21 bits per heavy atom. The Labute approximate surface area is 143 Å². The van der Waals surface area contributed by atoms with Crippen LogP contribution in [0.15, 0.2) is 61.2 Å². The standard InChI is InChI=1S/C21H21NO2/c1-3-21(23)24-16-6-4-5-7-17-8-10-18(11-9-17)19-12-14-20(22-2)15-13-19/h3,8-15H,1,4-7,16H2.